The number of aromatic nitrogens is 1. The Kier molecular flexibility index (Phi) is 3.28. The molecule has 0 aliphatic carbocycles. The number of aryl methyl sites for hydroxylation is 1. The predicted octanol–water partition coefficient (Wildman–Crippen LogP) is 2.71. The Labute approximate surface area is 108 Å². The quantitative estimate of drug-likeness (QED) is 0.874. The molecule has 0 atom stereocenters. The van der Waals surface area contributed by atoms with Crippen molar-refractivity contribution in [2.24, 2.45) is 5.41 Å². The molecule has 18 heavy (non-hydrogen) atoms. The monoisotopic (exact) mass is 248 g/mol. The van der Waals surface area contributed by atoms with Gasteiger partial charge in [0, 0.05) is 19.3 Å². The molecule has 1 N–H and O–H groups in total. The Bertz CT molecular complexity index is 459. The minimum absolute atomic E-state index is 0.345. The van der Waals surface area contributed by atoms with Crippen LogP contribution in [0, 0.1) is 12.3 Å². The van der Waals surface area contributed by atoms with Crippen LogP contribution in [0.4, 0.5) is 5.82 Å². The molecule has 4 nitrogen and oxygen atoms in total. The largest absolute Gasteiger partial charge is 0.478 e. The van der Waals surface area contributed by atoms with Gasteiger partial charge in [-0.15, -0.1) is 0 Å². The van der Waals surface area contributed by atoms with Crippen molar-refractivity contribution >= 4 is 11.8 Å². The van der Waals surface area contributed by atoms with Gasteiger partial charge in [0.1, 0.15) is 11.4 Å². The molecule has 2 rings (SSSR count). The number of rotatable bonds is 2. The van der Waals surface area contributed by atoms with E-state index in [4.69, 9.17) is 0 Å². The van der Waals surface area contributed by atoms with Crippen LogP contribution in [0.2, 0.25) is 0 Å². The number of hydrogen-bond donors (Lipinski definition) is 1. The van der Waals surface area contributed by atoms with E-state index < -0.39 is 5.97 Å². The number of anilines is 1. The van der Waals surface area contributed by atoms with E-state index >= 15 is 0 Å². The maximum absolute atomic E-state index is 11.3. The molecule has 0 radical (unpaired) electrons. The van der Waals surface area contributed by atoms with Crippen molar-refractivity contribution in [3.8, 4) is 0 Å². The number of aromatic carboxylic acids is 1. The Balaban J connectivity index is 2.30. The van der Waals surface area contributed by atoms with Gasteiger partial charge in [-0.05, 0) is 36.8 Å². The molecule has 0 aromatic carbocycles. The normalized spacial score (nSPS) is 18.7. The maximum Gasteiger partial charge on any atom is 0.339 e. The highest BCUT2D eigenvalue weighted by Crippen LogP contribution is 2.33. The molecule has 0 amide bonds. The third-order valence-corrected chi connectivity index (χ3v) is 3.77. The van der Waals surface area contributed by atoms with Crippen LogP contribution in [0.3, 0.4) is 0 Å². The standard InChI is InChI=1S/C14H20N2O2/c1-10-4-7-15-12(11(10)13(17)18)16-8-5-14(2,3)6-9-16/h4,7H,5-6,8-9H2,1-3H3,(H,17,18). The second kappa shape index (κ2) is 4.59. The van der Waals surface area contributed by atoms with Gasteiger partial charge in [-0.1, -0.05) is 13.8 Å². The second-order valence-corrected chi connectivity index (χ2v) is 5.78. The molecule has 0 bridgehead atoms. The van der Waals surface area contributed by atoms with Crippen LogP contribution in [0.5, 0.6) is 0 Å². The molecule has 0 unspecified atom stereocenters. The maximum atomic E-state index is 11.3. The fraction of sp³-hybridized carbons (Fsp3) is 0.571. The summed E-state index contributed by atoms with van der Waals surface area (Å²) in [4.78, 5) is 17.7. The summed E-state index contributed by atoms with van der Waals surface area (Å²) in [6.07, 6.45) is 3.83. The molecular weight excluding hydrogens is 228 g/mol. The van der Waals surface area contributed by atoms with Crippen LogP contribution >= 0.6 is 0 Å². The molecule has 1 aromatic rings. The van der Waals surface area contributed by atoms with Crippen molar-refractivity contribution < 1.29 is 9.90 Å². The number of carboxylic acids is 1. The first kappa shape index (κ1) is 12.9. The predicted molar refractivity (Wildman–Crippen MR) is 71.2 cm³/mol. The Morgan fingerprint density at radius 1 is 1.39 bits per heavy atom. The van der Waals surface area contributed by atoms with E-state index in [-0.39, 0.29) is 0 Å². The lowest BCUT2D eigenvalue weighted by Gasteiger charge is -2.38. The third-order valence-electron chi connectivity index (χ3n) is 3.77. The van der Waals surface area contributed by atoms with E-state index in [1.54, 1.807) is 12.3 Å². The van der Waals surface area contributed by atoms with Gasteiger partial charge >= 0.3 is 5.97 Å². The van der Waals surface area contributed by atoms with Crippen molar-refractivity contribution in [3.05, 3.63) is 23.4 Å². The summed E-state index contributed by atoms with van der Waals surface area (Å²) in [7, 11) is 0. The fourth-order valence-electron chi connectivity index (χ4n) is 2.37. The summed E-state index contributed by atoms with van der Waals surface area (Å²) >= 11 is 0. The Morgan fingerprint density at radius 3 is 2.56 bits per heavy atom. The molecule has 4 heteroatoms. The molecule has 0 spiro atoms. The van der Waals surface area contributed by atoms with Gasteiger partial charge in [0.05, 0.1) is 0 Å². The van der Waals surface area contributed by atoms with Gasteiger partial charge in [0.25, 0.3) is 0 Å². The Morgan fingerprint density at radius 2 is 2.00 bits per heavy atom. The van der Waals surface area contributed by atoms with E-state index in [0.29, 0.717) is 16.8 Å². The zero-order chi connectivity index (χ0) is 13.3. The summed E-state index contributed by atoms with van der Waals surface area (Å²) in [6, 6.07) is 1.75. The molecule has 1 aliphatic rings. The van der Waals surface area contributed by atoms with E-state index in [1.165, 1.54) is 0 Å². The van der Waals surface area contributed by atoms with Crippen molar-refractivity contribution in [2.75, 3.05) is 18.0 Å². The number of pyridine rings is 1. The van der Waals surface area contributed by atoms with E-state index in [9.17, 15) is 9.90 Å². The van der Waals surface area contributed by atoms with Crippen LogP contribution in [0.15, 0.2) is 12.3 Å². The minimum atomic E-state index is -0.888. The molecule has 2 heterocycles. The lowest BCUT2D eigenvalue weighted by atomic mass is 9.82. The number of piperidine rings is 1. The fourth-order valence-corrected chi connectivity index (χ4v) is 2.37. The average molecular weight is 248 g/mol. The summed E-state index contributed by atoms with van der Waals surface area (Å²) in [6.45, 7) is 8.09. The Hall–Kier alpha value is -1.58. The first-order chi connectivity index (χ1) is 8.41. The van der Waals surface area contributed by atoms with E-state index in [0.717, 1.165) is 31.5 Å². The van der Waals surface area contributed by atoms with Gasteiger partial charge in [0.15, 0.2) is 0 Å². The van der Waals surface area contributed by atoms with Crippen molar-refractivity contribution in [1.82, 2.24) is 4.98 Å². The number of carboxylic acid groups (broad SMARTS) is 1. The van der Waals surface area contributed by atoms with E-state index in [2.05, 4.69) is 23.7 Å². The lowest BCUT2D eigenvalue weighted by Crippen LogP contribution is -2.38. The molecule has 98 valence electrons. The average Bonchev–Trinajstić information content (AvgIpc) is 2.28. The van der Waals surface area contributed by atoms with Crippen LogP contribution < -0.4 is 4.90 Å². The van der Waals surface area contributed by atoms with Gasteiger partial charge in [-0.2, -0.15) is 0 Å². The molecule has 1 saturated heterocycles. The lowest BCUT2D eigenvalue weighted by molar-refractivity contribution is 0.0696. The van der Waals surface area contributed by atoms with Crippen LogP contribution in [-0.2, 0) is 0 Å². The topological polar surface area (TPSA) is 53.4 Å². The van der Waals surface area contributed by atoms with Crippen LogP contribution in [0.25, 0.3) is 0 Å². The molecular formula is C14H20N2O2. The zero-order valence-electron chi connectivity index (χ0n) is 11.2. The third kappa shape index (κ3) is 2.47. The molecule has 1 aromatic heterocycles. The van der Waals surface area contributed by atoms with Gasteiger partial charge in [-0.3, -0.25) is 0 Å². The van der Waals surface area contributed by atoms with Crippen molar-refractivity contribution in [1.29, 1.82) is 0 Å². The van der Waals surface area contributed by atoms with Crippen LogP contribution in [-0.4, -0.2) is 29.1 Å². The summed E-state index contributed by atoms with van der Waals surface area (Å²) in [5.41, 5.74) is 1.47. The highest BCUT2D eigenvalue weighted by Gasteiger charge is 2.28. The smallest absolute Gasteiger partial charge is 0.339 e. The summed E-state index contributed by atoms with van der Waals surface area (Å²) < 4.78 is 0. The molecule has 1 fully saturated rings. The summed E-state index contributed by atoms with van der Waals surface area (Å²) in [5.74, 6) is -0.265. The van der Waals surface area contributed by atoms with Crippen molar-refractivity contribution in [2.45, 2.75) is 33.6 Å². The van der Waals surface area contributed by atoms with Gasteiger partial charge in [-0.25, -0.2) is 9.78 Å². The number of nitrogens with zero attached hydrogens (tertiary/aromatic N) is 2. The SMILES string of the molecule is Cc1ccnc(N2CCC(C)(C)CC2)c1C(=O)O. The molecule has 1 aliphatic heterocycles. The zero-order valence-corrected chi connectivity index (χ0v) is 11.2. The minimum Gasteiger partial charge on any atom is -0.478 e. The van der Waals surface area contributed by atoms with Crippen molar-refractivity contribution in [3.63, 3.8) is 0 Å². The number of hydrogen-bond acceptors (Lipinski definition) is 3. The first-order valence-electron chi connectivity index (χ1n) is 6.34. The highest BCUT2D eigenvalue weighted by molar-refractivity contribution is 5.95. The van der Waals surface area contributed by atoms with Crippen LogP contribution in [0.1, 0.15) is 42.6 Å². The second-order valence-electron chi connectivity index (χ2n) is 5.78. The molecule has 0 saturated carbocycles. The van der Waals surface area contributed by atoms with Gasteiger partial charge in [0.2, 0.25) is 0 Å². The first-order valence-corrected chi connectivity index (χ1v) is 6.34. The highest BCUT2D eigenvalue weighted by atomic mass is 16.4. The van der Waals surface area contributed by atoms with Gasteiger partial charge < -0.3 is 10.0 Å². The number of carbonyl (C=O) groups is 1. The van der Waals surface area contributed by atoms with E-state index in [1.807, 2.05) is 6.92 Å². The summed E-state index contributed by atoms with van der Waals surface area (Å²) in [5, 5.41) is 9.31.